The minimum absolute atomic E-state index is 0.165. The third kappa shape index (κ3) is 6.08. The quantitative estimate of drug-likeness (QED) is 0.432. The second-order valence-corrected chi connectivity index (χ2v) is 16.0. The molecule has 1 aliphatic rings. The molecule has 35 heavy (non-hydrogen) atoms. The van der Waals surface area contributed by atoms with E-state index < -0.39 is 20.5 Å². The van der Waals surface area contributed by atoms with E-state index in [2.05, 4.69) is 41.5 Å². The van der Waals surface area contributed by atoms with Crippen molar-refractivity contribution in [3.8, 4) is 5.75 Å². The summed E-state index contributed by atoms with van der Waals surface area (Å²) in [7, 11) is -2.30. The first-order valence-electron chi connectivity index (χ1n) is 12.7. The number of carbonyl (C=O) groups is 1. The Kier molecular flexibility index (Phi) is 9.02. The van der Waals surface area contributed by atoms with Crippen LogP contribution in [0.1, 0.15) is 58.6 Å². The number of hydrogen-bond donors (Lipinski definition) is 2. The number of aliphatic hydroxyl groups excluding tert-OH is 1. The Morgan fingerprint density at radius 1 is 0.943 bits per heavy atom. The molecule has 192 valence electrons. The molecule has 1 aliphatic heterocycles. The second-order valence-electron chi connectivity index (χ2n) is 10.6. The molecular formula is C28H41NO5Si. The third-order valence-corrected chi connectivity index (χ3v) is 13.6. The minimum Gasteiger partial charge on any atom is -0.508 e. The molecule has 1 saturated heterocycles. The largest absolute Gasteiger partial charge is 0.508 e. The molecule has 1 fully saturated rings. The Bertz CT molecular complexity index is 926. The van der Waals surface area contributed by atoms with Crippen molar-refractivity contribution in [3.05, 3.63) is 65.7 Å². The summed E-state index contributed by atoms with van der Waals surface area (Å²) in [4.78, 5) is 14.6. The Morgan fingerprint density at radius 3 is 2.06 bits per heavy atom. The van der Waals surface area contributed by atoms with Crippen LogP contribution >= 0.6 is 0 Å². The van der Waals surface area contributed by atoms with Crippen molar-refractivity contribution >= 4 is 14.4 Å². The summed E-state index contributed by atoms with van der Waals surface area (Å²) >= 11 is 0. The summed E-state index contributed by atoms with van der Waals surface area (Å²) in [6.07, 6.45) is -1.65. The number of ether oxygens (including phenoxy) is 1. The van der Waals surface area contributed by atoms with Gasteiger partial charge >= 0.3 is 6.09 Å². The zero-order chi connectivity index (χ0) is 25.8. The summed E-state index contributed by atoms with van der Waals surface area (Å²) in [6, 6.07) is 16.5. The first-order valence-corrected chi connectivity index (χ1v) is 14.8. The predicted octanol–water partition coefficient (Wildman–Crippen LogP) is 6.05. The summed E-state index contributed by atoms with van der Waals surface area (Å²) in [5, 5.41) is 21.1. The average Bonchev–Trinajstić information content (AvgIpc) is 2.81. The number of amides is 1. The monoisotopic (exact) mass is 499 g/mol. The topological polar surface area (TPSA) is 79.2 Å². The highest BCUT2D eigenvalue weighted by molar-refractivity contribution is 6.77. The summed E-state index contributed by atoms with van der Waals surface area (Å²) < 4.78 is 12.7. The number of phenols is 1. The number of rotatable bonds is 8. The minimum atomic E-state index is -2.30. The summed E-state index contributed by atoms with van der Waals surface area (Å²) in [5.41, 5.74) is 2.90. The number of phenolic OH excluding ortho intramolecular Hbond substituents is 1. The number of carbonyl (C=O) groups excluding carboxylic acids is 1. The summed E-state index contributed by atoms with van der Waals surface area (Å²) in [6.45, 7) is 14.1. The molecule has 2 aromatic rings. The van der Waals surface area contributed by atoms with Crippen molar-refractivity contribution in [2.24, 2.45) is 0 Å². The van der Waals surface area contributed by atoms with Gasteiger partial charge in [-0.2, -0.15) is 0 Å². The maximum atomic E-state index is 13.0. The first-order chi connectivity index (χ1) is 16.6. The Labute approximate surface area is 211 Å². The van der Waals surface area contributed by atoms with E-state index in [9.17, 15) is 15.0 Å². The normalized spacial score (nSPS) is 21.1. The zero-order valence-corrected chi connectivity index (χ0v) is 22.8. The van der Waals surface area contributed by atoms with E-state index in [1.807, 2.05) is 42.5 Å². The fourth-order valence-corrected chi connectivity index (χ4v) is 11.4. The van der Waals surface area contributed by atoms with Gasteiger partial charge in [-0.25, -0.2) is 4.79 Å². The lowest BCUT2D eigenvalue weighted by atomic mass is 9.85. The number of aliphatic hydroxyl groups is 1. The molecule has 1 amide bonds. The molecule has 0 aromatic heterocycles. The van der Waals surface area contributed by atoms with Crippen LogP contribution in [0.25, 0.3) is 0 Å². The molecule has 6 nitrogen and oxygen atoms in total. The van der Waals surface area contributed by atoms with E-state index >= 15 is 0 Å². The molecule has 3 atom stereocenters. The number of benzene rings is 2. The molecule has 3 rings (SSSR count). The number of likely N-dealkylation sites (tertiary alicyclic amines) is 1. The lowest BCUT2D eigenvalue weighted by Gasteiger charge is -2.49. The number of aromatic hydroxyl groups is 1. The van der Waals surface area contributed by atoms with Gasteiger partial charge in [0.2, 0.25) is 8.32 Å². The van der Waals surface area contributed by atoms with Gasteiger partial charge in [0.15, 0.2) is 0 Å². The van der Waals surface area contributed by atoms with Crippen LogP contribution in [0.15, 0.2) is 54.6 Å². The molecule has 2 aromatic carbocycles. The number of nitrogens with zero attached hydrogens (tertiary/aromatic N) is 1. The molecule has 0 aliphatic carbocycles. The van der Waals surface area contributed by atoms with Crippen molar-refractivity contribution in [1.82, 2.24) is 4.90 Å². The molecule has 0 bridgehead atoms. The van der Waals surface area contributed by atoms with Crippen molar-refractivity contribution in [1.29, 1.82) is 0 Å². The van der Waals surface area contributed by atoms with Gasteiger partial charge in [-0.15, -0.1) is 0 Å². The zero-order valence-electron chi connectivity index (χ0n) is 21.8. The van der Waals surface area contributed by atoms with Crippen molar-refractivity contribution in [3.63, 3.8) is 0 Å². The number of piperidine rings is 1. The van der Waals surface area contributed by atoms with E-state index in [0.29, 0.717) is 23.2 Å². The first kappa shape index (κ1) is 27.2. The lowest BCUT2D eigenvalue weighted by molar-refractivity contribution is -0.0255. The van der Waals surface area contributed by atoms with Crippen molar-refractivity contribution in [2.45, 2.75) is 82.9 Å². The van der Waals surface area contributed by atoms with E-state index in [0.717, 1.165) is 11.1 Å². The van der Waals surface area contributed by atoms with Gasteiger partial charge in [0.25, 0.3) is 0 Å². The van der Waals surface area contributed by atoms with E-state index in [4.69, 9.17) is 9.16 Å². The van der Waals surface area contributed by atoms with Crippen LogP contribution in [-0.4, -0.2) is 54.8 Å². The maximum Gasteiger partial charge on any atom is 0.410 e. The number of hydrogen-bond acceptors (Lipinski definition) is 5. The van der Waals surface area contributed by atoms with Gasteiger partial charge in [-0.1, -0.05) is 84.0 Å². The molecule has 0 radical (unpaired) electrons. The van der Waals surface area contributed by atoms with Crippen LogP contribution in [0.2, 0.25) is 16.6 Å². The van der Waals surface area contributed by atoms with Crippen molar-refractivity contribution in [2.75, 3.05) is 13.1 Å². The third-order valence-electron chi connectivity index (χ3n) is 7.43. The second kappa shape index (κ2) is 11.6. The van der Waals surface area contributed by atoms with E-state index in [1.54, 1.807) is 17.0 Å². The van der Waals surface area contributed by atoms with Crippen LogP contribution in [-0.2, 0) is 15.8 Å². The smallest absolute Gasteiger partial charge is 0.410 e. The standard InChI is InChI=1S/C28H41NO5Si/c1-19(2)35(20(3)4,21(5)6)34-26-17-29(28(32)33-18-22-10-8-7-9-11-22)16-25(31)27(26)23-12-14-24(30)15-13-23/h7-15,19-21,25-27,30-31H,16-18H2,1-6H3/t25-,26-,27-/m1/s1. The predicted molar refractivity (Wildman–Crippen MR) is 141 cm³/mol. The van der Waals surface area contributed by atoms with Gasteiger partial charge in [-0.05, 0) is 39.9 Å². The van der Waals surface area contributed by atoms with Crippen LogP contribution < -0.4 is 0 Å². The fraction of sp³-hybridized carbons (Fsp3) is 0.536. The van der Waals surface area contributed by atoms with Gasteiger partial charge in [0, 0.05) is 12.5 Å². The molecular weight excluding hydrogens is 458 g/mol. The average molecular weight is 500 g/mol. The Morgan fingerprint density at radius 2 is 1.51 bits per heavy atom. The van der Waals surface area contributed by atoms with Gasteiger partial charge in [0.05, 0.1) is 18.8 Å². The number of β-amino-alcohol motifs (C(OH)–C–C–N with tert-alkyl or cyclic N) is 1. The molecule has 0 spiro atoms. The van der Waals surface area contributed by atoms with Crippen molar-refractivity contribution < 1.29 is 24.2 Å². The molecule has 0 unspecified atom stereocenters. The Hall–Kier alpha value is -2.35. The van der Waals surface area contributed by atoms with E-state index in [-0.39, 0.29) is 30.9 Å². The maximum absolute atomic E-state index is 13.0. The van der Waals surface area contributed by atoms with E-state index in [1.165, 1.54) is 0 Å². The highest BCUT2D eigenvalue weighted by Crippen LogP contribution is 2.45. The van der Waals surface area contributed by atoms with Crippen LogP contribution in [0.5, 0.6) is 5.75 Å². The van der Waals surface area contributed by atoms with Crippen LogP contribution in [0.4, 0.5) is 4.79 Å². The van der Waals surface area contributed by atoms with Gasteiger partial charge in [-0.3, -0.25) is 0 Å². The fourth-order valence-electron chi connectivity index (χ4n) is 5.87. The van der Waals surface area contributed by atoms with Crippen LogP contribution in [0, 0.1) is 0 Å². The van der Waals surface area contributed by atoms with Crippen LogP contribution in [0.3, 0.4) is 0 Å². The van der Waals surface area contributed by atoms with Gasteiger partial charge in [0.1, 0.15) is 12.4 Å². The Balaban J connectivity index is 1.90. The molecule has 2 N–H and O–H groups in total. The van der Waals surface area contributed by atoms with Gasteiger partial charge < -0.3 is 24.3 Å². The molecule has 7 heteroatoms. The SMILES string of the molecule is CC(C)[Si](O[C@@H]1CN(C(=O)OCc2ccccc2)C[C@@H](O)[C@H]1c1ccc(O)cc1)(C(C)C)C(C)C. The lowest BCUT2D eigenvalue weighted by Crippen LogP contribution is -2.59. The molecule has 1 heterocycles. The highest BCUT2D eigenvalue weighted by atomic mass is 28.4. The highest BCUT2D eigenvalue weighted by Gasteiger charge is 2.50. The summed E-state index contributed by atoms with van der Waals surface area (Å²) in [5.74, 6) is -0.130. The molecule has 0 saturated carbocycles.